The highest BCUT2D eigenvalue weighted by Crippen LogP contribution is 2.60. The van der Waals surface area contributed by atoms with Crippen molar-refractivity contribution in [2.24, 2.45) is 23.2 Å². The maximum Gasteiger partial charge on any atom is 0.251 e. The molecule has 2 aromatic rings. The van der Waals surface area contributed by atoms with E-state index in [-0.39, 0.29) is 17.2 Å². The molecule has 2 N–H and O–H groups in total. The minimum atomic E-state index is -0.148. The zero-order valence-electron chi connectivity index (χ0n) is 19.3. The number of ether oxygens (including phenoxy) is 1. The molecule has 0 atom stereocenters. The highest BCUT2D eigenvalue weighted by atomic mass is 16.5. The number of nitrogens with one attached hydrogen (secondary N) is 2. The maximum absolute atomic E-state index is 13.1. The Balaban J connectivity index is 1.14. The Morgan fingerprint density at radius 1 is 0.970 bits per heavy atom. The predicted molar refractivity (Wildman–Crippen MR) is 125 cm³/mol. The normalized spacial score (nSPS) is 27.2. The van der Waals surface area contributed by atoms with Gasteiger partial charge in [-0.25, -0.2) is 4.98 Å². The number of amides is 2. The zero-order valence-corrected chi connectivity index (χ0v) is 19.3. The Kier molecular flexibility index (Phi) is 6.09. The van der Waals surface area contributed by atoms with Gasteiger partial charge in [-0.1, -0.05) is 18.2 Å². The number of carbonyl (C=O) groups excluding carboxylic acids is 2. The van der Waals surface area contributed by atoms with E-state index in [1.165, 1.54) is 19.3 Å². The Morgan fingerprint density at radius 2 is 1.64 bits per heavy atom. The monoisotopic (exact) mass is 447 g/mol. The fourth-order valence-electron chi connectivity index (χ4n) is 6.64. The van der Waals surface area contributed by atoms with Gasteiger partial charge in [0.25, 0.3) is 5.91 Å². The van der Waals surface area contributed by atoms with E-state index < -0.39 is 0 Å². The smallest absolute Gasteiger partial charge is 0.251 e. The lowest BCUT2D eigenvalue weighted by atomic mass is 9.49. The molecular weight excluding hydrogens is 414 g/mol. The fourth-order valence-corrected chi connectivity index (χ4v) is 6.64. The standard InChI is InChI=1S/C27H33N3O3/c1-2-33-25-23(4-3-9-28-25)17-29-24(31)22-7-5-18(6-8-22)16-30-26(32)27-13-19-10-20(14-27)12-21(11-19)15-27/h3-9,19-21H,2,10-17H2,1H3,(H,29,31)(H,30,32). The SMILES string of the molecule is CCOc1ncccc1CNC(=O)c1ccc(CNC(=O)C23CC4CC(CC(C4)C2)C3)cc1. The molecule has 0 spiro atoms. The van der Waals surface area contributed by atoms with Crippen molar-refractivity contribution < 1.29 is 14.3 Å². The van der Waals surface area contributed by atoms with Crippen LogP contribution < -0.4 is 15.4 Å². The summed E-state index contributed by atoms with van der Waals surface area (Å²) in [5.74, 6) is 2.92. The molecule has 0 unspecified atom stereocenters. The van der Waals surface area contributed by atoms with E-state index in [0.29, 0.717) is 31.1 Å². The number of nitrogens with zero attached hydrogens (tertiary/aromatic N) is 1. The van der Waals surface area contributed by atoms with Crippen LogP contribution in [0.25, 0.3) is 0 Å². The van der Waals surface area contributed by atoms with Crippen LogP contribution in [0.15, 0.2) is 42.6 Å². The van der Waals surface area contributed by atoms with Crippen molar-refractivity contribution in [2.45, 2.75) is 58.5 Å². The van der Waals surface area contributed by atoms with Crippen LogP contribution in [0.5, 0.6) is 5.88 Å². The summed E-state index contributed by atoms with van der Waals surface area (Å²) < 4.78 is 5.52. The molecule has 6 nitrogen and oxygen atoms in total. The van der Waals surface area contributed by atoms with Gasteiger partial charge >= 0.3 is 0 Å². The molecule has 1 aromatic carbocycles. The molecule has 0 radical (unpaired) electrons. The lowest BCUT2D eigenvalue weighted by Gasteiger charge is -2.55. The van der Waals surface area contributed by atoms with E-state index in [0.717, 1.165) is 48.1 Å². The van der Waals surface area contributed by atoms with Gasteiger partial charge in [0, 0.05) is 35.8 Å². The summed E-state index contributed by atoms with van der Waals surface area (Å²) >= 11 is 0. The maximum atomic E-state index is 13.1. The quantitative estimate of drug-likeness (QED) is 0.634. The van der Waals surface area contributed by atoms with Gasteiger partial charge in [-0.3, -0.25) is 9.59 Å². The number of carbonyl (C=O) groups is 2. The molecule has 2 amide bonds. The largest absolute Gasteiger partial charge is 0.478 e. The molecule has 4 fully saturated rings. The Morgan fingerprint density at radius 3 is 2.27 bits per heavy atom. The van der Waals surface area contributed by atoms with E-state index in [2.05, 4.69) is 15.6 Å². The van der Waals surface area contributed by atoms with Crippen LogP contribution in [0.3, 0.4) is 0 Å². The topological polar surface area (TPSA) is 80.3 Å². The van der Waals surface area contributed by atoms with Crippen LogP contribution in [-0.4, -0.2) is 23.4 Å². The van der Waals surface area contributed by atoms with Gasteiger partial charge in [0.05, 0.1) is 6.61 Å². The molecule has 0 saturated heterocycles. The molecule has 4 saturated carbocycles. The van der Waals surface area contributed by atoms with E-state index in [1.54, 1.807) is 6.20 Å². The van der Waals surface area contributed by atoms with Gasteiger partial charge < -0.3 is 15.4 Å². The van der Waals surface area contributed by atoms with Crippen LogP contribution >= 0.6 is 0 Å². The van der Waals surface area contributed by atoms with Gasteiger partial charge in [-0.15, -0.1) is 0 Å². The Labute approximate surface area is 195 Å². The van der Waals surface area contributed by atoms with Crippen molar-refractivity contribution in [2.75, 3.05) is 6.61 Å². The second-order valence-electron chi connectivity index (χ2n) is 10.2. The molecule has 4 aliphatic rings. The summed E-state index contributed by atoms with van der Waals surface area (Å²) in [5.41, 5.74) is 2.32. The average molecular weight is 448 g/mol. The highest BCUT2D eigenvalue weighted by molar-refractivity contribution is 5.94. The number of pyridine rings is 1. The number of hydrogen-bond donors (Lipinski definition) is 2. The van der Waals surface area contributed by atoms with Crippen molar-refractivity contribution in [3.63, 3.8) is 0 Å². The van der Waals surface area contributed by atoms with E-state index in [9.17, 15) is 9.59 Å². The Bertz CT molecular complexity index is 982. The molecule has 0 aliphatic heterocycles. The van der Waals surface area contributed by atoms with Crippen LogP contribution in [0.4, 0.5) is 0 Å². The van der Waals surface area contributed by atoms with Crippen molar-refractivity contribution in [3.8, 4) is 5.88 Å². The van der Waals surface area contributed by atoms with Crippen molar-refractivity contribution in [1.29, 1.82) is 0 Å². The summed E-state index contributed by atoms with van der Waals surface area (Å²) in [6.07, 6.45) is 8.91. The van der Waals surface area contributed by atoms with Crippen LogP contribution in [0, 0.1) is 23.2 Å². The minimum Gasteiger partial charge on any atom is -0.478 e. The van der Waals surface area contributed by atoms with Gasteiger partial charge in [-0.05, 0) is 87.0 Å². The first-order valence-electron chi connectivity index (χ1n) is 12.3. The third kappa shape index (κ3) is 4.61. The lowest BCUT2D eigenvalue weighted by molar-refractivity contribution is -0.146. The number of rotatable bonds is 8. The molecule has 6 rings (SSSR count). The van der Waals surface area contributed by atoms with E-state index >= 15 is 0 Å². The Hall–Kier alpha value is -2.89. The zero-order chi connectivity index (χ0) is 22.8. The summed E-state index contributed by atoms with van der Waals surface area (Å²) in [7, 11) is 0. The van der Waals surface area contributed by atoms with Gasteiger partial charge in [-0.2, -0.15) is 0 Å². The summed E-state index contributed by atoms with van der Waals surface area (Å²) in [4.78, 5) is 29.9. The third-order valence-electron chi connectivity index (χ3n) is 7.76. The molecule has 1 aromatic heterocycles. The van der Waals surface area contributed by atoms with Gasteiger partial charge in [0.1, 0.15) is 0 Å². The number of benzene rings is 1. The first-order valence-corrected chi connectivity index (χ1v) is 12.3. The van der Waals surface area contributed by atoms with E-state index in [1.807, 2.05) is 43.3 Å². The van der Waals surface area contributed by atoms with Crippen molar-refractivity contribution in [1.82, 2.24) is 15.6 Å². The first kappa shape index (κ1) is 21.9. The molecule has 4 aliphatic carbocycles. The molecule has 1 heterocycles. The third-order valence-corrected chi connectivity index (χ3v) is 7.76. The van der Waals surface area contributed by atoms with Crippen molar-refractivity contribution in [3.05, 3.63) is 59.3 Å². The molecule has 4 bridgehead atoms. The molecular formula is C27H33N3O3. The van der Waals surface area contributed by atoms with Crippen LogP contribution in [0.2, 0.25) is 0 Å². The van der Waals surface area contributed by atoms with Gasteiger partial charge in [0.15, 0.2) is 0 Å². The average Bonchev–Trinajstić information content (AvgIpc) is 2.81. The van der Waals surface area contributed by atoms with E-state index in [4.69, 9.17) is 4.74 Å². The molecule has 6 heteroatoms. The van der Waals surface area contributed by atoms with Crippen LogP contribution in [0.1, 0.15) is 66.9 Å². The number of hydrogen-bond acceptors (Lipinski definition) is 4. The first-order chi connectivity index (χ1) is 16.0. The summed E-state index contributed by atoms with van der Waals surface area (Å²) in [5, 5.41) is 6.14. The minimum absolute atomic E-state index is 0.124. The fraction of sp³-hybridized carbons (Fsp3) is 0.519. The van der Waals surface area contributed by atoms with Crippen LogP contribution in [-0.2, 0) is 17.9 Å². The van der Waals surface area contributed by atoms with Crippen molar-refractivity contribution >= 4 is 11.8 Å². The molecule has 33 heavy (non-hydrogen) atoms. The number of aromatic nitrogens is 1. The second-order valence-corrected chi connectivity index (χ2v) is 10.2. The summed E-state index contributed by atoms with van der Waals surface area (Å²) in [6.45, 7) is 3.30. The summed E-state index contributed by atoms with van der Waals surface area (Å²) in [6, 6.07) is 11.2. The lowest BCUT2D eigenvalue weighted by Crippen LogP contribution is -2.53. The highest BCUT2D eigenvalue weighted by Gasteiger charge is 2.54. The second kappa shape index (κ2) is 9.16. The molecule has 174 valence electrons. The van der Waals surface area contributed by atoms with Gasteiger partial charge in [0.2, 0.25) is 11.8 Å². The predicted octanol–water partition coefficient (Wildman–Crippen LogP) is 4.24.